The lowest BCUT2D eigenvalue weighted by atomic mass is 10.0. The number of anilines is 1. The molecule has 0 bridgehead atoms. The van der Waals surface area contributed by atoms with Gasteiger partial charge in [0, 0.05) is 44.3 Å². The number of carbonyl (C=O) groups is 3. The lowest BCUT2D eigenvalue weighted by molar-refractivity contribution is -0.137. The monoisotopic (exact) mass is 504 g/mol. The summed E-state index contributed by atoms with van der Waals surface area (Å²) >= 11 is 1.63. The number of piperidine rings is 1. The molecule has 2 saturated heterocycles. The number of urea groups is 1. The van der Waals surface area contributed by atoms with E-state index < -0.39 is 0 Å². The van der Waals surface area contributed by atoms with Crippen LogP contribution >= 0.6 is 11.8 Å². The Morgan fingerprint density at radius 2 is 1.67 bits per heavy atom. The second-order valence-corrected chi connectivity index (χ2v) is 11.6. The maximum atomic E-state index is 13.3. The normalized spacial score (nSPS) is 24.6. The molecule has 4 amide bonds. The second-order valence-electron chi connectivity index (χ2n) is 10.4. The molecule has 0 radical (unpaired) electrons. The van der Waals surface area contributed by atoms with Crippen molar-refractivity contribution in [3.05, 3.63) is 65.7 Å². The Morgan fingerprint density at radius 3 is 2.42 bits per heavy atom. The van der Waals surface area contributed by atoms with Gasteiger partial charge in [-0.1, -0.05) is 48.5 Å². The van der Waals surface area contributed by atoms with E-state index in [1.165, 1.54) is 12.8 Å². The first-order valence-corrected chi connectivity index (χ1v) is 14.0. The summed E-state index contributed by atoms with van der Waals surface area (Å²) in [5, 5.41) is 2.65. The summed E-state index contributed by atoms with van der Waals surface area (Å²) < 4.78 is 0. The number of amides is 4. The topological polar surface area (TPSA) is 73.0 Å². The molecular weight excluding hydrogens is 472 g/mol. The van der Waals surface area contributed by atoms with Crippen molar-refractivity contribution < 1.29 is 14.4 Å². The van der Waals surface area contributed by atoms with E-state index in [1.54, 1.807) is 11.8 Å². The maximum absolute atomic E-state index is 13.3. The van der Waals surface area contributed by atoms with Crippen LogP contribution in [0.1, 0.15) is 48.6 Å². The fourth-order valence-corrected chi connectivity index (χ4v) is 7.05. The van der Waals surface area contributed by atoms with Crippen LogP contribution in [0.25, 0.3) is 0 Å². The molecule has 3 aliphatic heterocycles. The fraction of sp³-hybridized carbons (Fsp3) is 0.464. The largest absolute Gasteiger partial charge is 0.342 e. The molecule has 8 heteroatoms. The van der Waals surface area contributed by atoms with Gasteiger partial charge in [0.15, 0.2) is 0 Å². The number of benzene rings is 2. The zero-order valence-electron chi connectivity index (χ0n) is 20.3. The number of hydrogen-bond acceptors (Lipinski definition) is 4. The predicted octanol–water partition coefficient (Wildman–Crippen LogP) is 4.47. The van der Waals surface area contributed by atoms with E-state index in [9.17, 15) is 14.4 Å². The molecule has 6 rings (SSSR count). The van der Waals surface area contributed by atoms with Gasteiger partial charge in [-0.05, 0) is 48.8 Å². The van der Waals surface area contributed by atoms with Crippen molar-refractivity contribution in [1.29, 1.82) is 0 Å². The minimum Gasteiger partial charge on any atom is -0.342 e. The van der Waals surface area contributed by atoms with E-state index in [4.69, 9.17) is 0 Å². The zero-order valence-corrected chi connectivity index (χ0v) is 21.2. The van der Waals surface area contributed by atoms with Gasteiger partial charge in [-0.25, -0.2) is 4.79 Å². The van der Waals surface area contributed by atoms with E-state index in [2.05, 4.69) is 17.4 Å². The van der Waals surface area contributed by atoms with Crippen molar-refractivity contribution >= 4 is 35.3 Å². The summed E-state index contributed by atoms with van der Waals surface area (Å²) in [4.78, 5) is 45.1. The molecule has 3 fully saturated rings. The van der Waals surface area contributed by atoms with Crippen molar-refractivity contribution in [2.75, 3.05) is 25.0 Å². The van der Waals surface area contributed by atoms with Crippen molar-refractivity contribution in [2.24, 2.45) is 5.92 Å². The number of para-hydroxylation sites is 1. The van der Waals surface area contributed by atoms with Gasteiger partial charge < -0.3 is 20.0 Å². The molecule has 0 spiro atoms. The molecule has 3 heterocycles. The van der Waals surface area contributed by atoms with E-state index in [0.717, 1.165) is 36.2 Å². The Balaban J connectivity index is 1.06. The summed E-state index contributed by atoms with van der Waals surface area (Å²) in [5.74, 6) is 0.758. The van der Waals surface area contributed by atoms with Crippen LogP contribution in [-0.4, -0.2) is 63.5 Å². The predicted molar refractivity (Wildman–Crippen MR) is 140 cm³/mol. The molecule has 2 unspecified atom stereocenters. The van der Waals surface area contributed by atoms with Crippen LogP contribution in [0, 0.1) is 5.92 Å². The third kappa shape index (κ3) is 4.71. The Kier molecular flexibility index (Phi) is 6.37. The van der Waals surface area contributed by atoms with Gasteiger partial charge in [-0.3, -0.25) is 9.59 Å². The summed E-state index contributed by atoms with van der Waals surface area (Å²) in [6.07, 6.45) is 4.14. The minimum atomic E-state index is -0.330. The first-order valence-electron chi connectivity index (χ1n) is 13.0. The van der Waals surface area contributed by atoms with Crippen LogP contribution in [0.2, 0.25) is 0 Å². The highest BCUT2D eigenvalue weighted by molar-refractivity contribution is 8.01. The molecule has 1 aliphatic carbocycles. The van der Waals surface area contributed by atoms with Crippen molar-refractivity contribution in [1.82, 2.24) is 14.7 Å². The molecule has 188 valence electrons. The summed E-state index contributed by atoms with van der Waals surface area (Å²) in [5.41, 5.74) is 3.14. The van der Waals surface area contributed by atoms with E-state index in [-0.39, 0.29) is 40.9 Å². The number of nitrogens with zero attached hydrogens (tertiary/aromatic N) is 3. The molecule has 36 heavy (non-hydrogen) atoms. The molecule has 4 aliphatic rings. The summed E-state index contributed by atoms with van der Waals surface area (Å²) in [6, 6.07) is 18.1. The fourth-order valence-electron chi connectivity index (χ4n) is 5.60. The Labute approximate surface area is 216 Å². The number of carbonyl (C=O) groups excluding carboxylic acids is 3. The molecule has 2 atom stereocenters. The van der Waals surface area contributed by atoms with Gasteiger partial charge in [0.2, 0.25) is 11.8 Å². The molecule has 2 aromatic carbocycles. The lowest BCUT2D eigenvalue weighted by Crippen LogP contribution is -2.51. The molecule has 2 aromatic rings. The van der Waals surface area contributed by atoms with E-state index >= 15 is 0 Å². The number of fused-ring (bicyclic) bond motifs is 1. The Morgan fingerprint density at radius 1 is 0.944 bits per heavy atom. The zero-order chi connectivity index (χ0) is 24.6. The third-order valence-corrected chi connectivity index (χ3v) is 9.33. The molecule has 0 aromatic heterocycles. The van der Waals surface area contributed by atoms with Crippen LogP contribution in [0.15, 0.2) is 54.6 Å². The van der Waals surface area contributed by atoms with Gasteiger partial charge in [0.1, 0.15) is 5.37 Å². The van der Waals surface area contributed by atoms with E-state index in [1.807, 2.05) is 57.2 Å². The lowest BCUT2D eigenvalue weighted by Gasteiger charge is -2.40. The Bertz CT molecular complexity index is 1150. The maximum Gasteiger partial charge on any atom is 0.322 e. The van der Waals surface area contributed by atoms with Gasteiger partial charge >= 0.3 is 6.03 Å². The SMILES string of the molecule is O=C(CC1SC(c2ccccc2)N(CC2CC2)C1=O)N1CCC(N2Cc3ccccc3NC2=O)CC1. The van der Waals surface area contributed by atoms with Crippen LogP contribution < -0.4 is 5.32 Å². The van der Waals surface area contributed by atoms with Crippen LogP contribution in [0.5, 0.6) is 0 Å². The van der Waals surface area contributed by atoms with Crippen molar-refractivity contribution in [3.8, 4) is 0 Å². The number of hydrogen-bond donors (Lipinski definition) is 1. The van der Waals surface area contributed by atoms with Crippen molar-refractivity contribution in [3.63, 3.8) is 0 Å². The Hall–Kier alpha value is -3.00. The summed E-state index contributed by atoms with van der Waals surface area (Å²) in [7, 11) is 0. The smallest absolute Gasteiger partial charge is 0.322 e. The van der Waals surface area contributed by atoms with Crippen LogP contribution in [-0.2, 0) is 16.1 Å². The highest BCUT2D eigenvalue weighted by Crippen LogP contribution is 2.46. The van der Waals surface area contributed by atoms with Crippen molar-refractivity contribution in [2.45, 2.75) is 55.3 Å². The standard InChI is InChI=1S/C28H32N4O3S/c33-25(16-24-26(34)32(17-19-10-11-19)27(36-24)20-6-2-1-3-7-20)30-14-12-22(13-15-30)31-18-21-8-4-5-9-23(21)29-28(31)35/h1-9,19,22,24,27H,10-18H2,(H,29,35). The minimum absolute atomic E-state index is 0.0108. The van der Waals surface area contributed by atoms with Gasteiger partial charge in [0.25, 0.3) is 0 Å². The highest BCUT2D eigenvalue weighted by Gasteiger charge is 2.44. The average molecular weight is 505 g/mol. The summed E-state index contributed by atoms with van der Waals surface area (Å²) in [6.45, 7) is 2.64. The first kappa shape index (κ1) is 23.4. The average Bonchev–Trinajstić information content (AvgIpc) is 3.68. The molecule has 1 N–H and O–H groups in total. The number of thioether (sulfide) groups is 1. The third-order valence-electron chi connectivity index (χ3n) is 7.85. The van der Waals surface area contributed by atoms with Crippen LogP contribution in [0.4, 0.5) is 10.5 Å². The molecule has 1 saturated carbocycles. The molecular formula is C28H32N4O3S. The molecule has 7 nitrogen and oxygen atoms in total. The van der Waals surface area contributed by atoms with Gasteiger partial charge in [-0.2, -0.15) is 0 Å². The first-order chi connectivity index (χ1) is 17.6. The second kappa shape index (κ2) is 9.81. The number of likely N-dealkylation sites (tertiary alicyclic amines) is 1. The van der Waals surface area contributed by atoms with Gasteiger partial charge in [-0.15, -0.1) is 11.8 Å². The van der Waals surface area contributed by atoms with E-state index in [0.29, 0.717) is 25.6 Å². The number of nitrogens with one attached hydrogen (secondary N) is 1. The van der Waals surface area contributed by atoms with Crippen LogP contribution in [0.3, 0.4) is 0 Å². The quantitative estimate of drug-likeness (QED) is 0.630. The number of rotatable bonds is 6. The highest BCUT2D eigenvalue weighted by atomic mass is 32.2. The van der Waals surface area contributed by atoms with Gasteiger partial charge in [0.05, 0.1) is 5.25 Å².